The van der Waals surface area contributed by atoms with E-state index in [9.17, 15) is 4.79 Å². The summed E-state index contributed by atoms with van der Waals surface area (Å²) in [5, 5.41) is 2.72. The van der Waals surface area contributed by atoms with Gasteiger partial charge in [0.25, 0.3) is 0 Å². The van der Waals surface area contributed by atoms with Crippen LogP contribution in [0.1, 0.15) is 12.5 Å². The zero-order valence-electron chi connectivity index (χ0n) is 13.1. The molecule has 0 saturated carbocycles. The topological polar surface area (TPSA) is 41.6 Å². The Morgan fingerprint density at radius 3 is 2.41 bits per heavy atom. The molecule has 2 rings (SSSR count). The minimum Gasteiger partial charge on any atom is -0.447 e. The molecule has 0 saturated heterocycles. The molecule has 0 fully saturated rings. The molecule has 22 heavy (non-hydrogen) atoms. The molecule has 1 amide bonds. The van der Waals surface area contributed by atoms with Gasteiger partial charge in [-0.3, -0.25) is 5.32 Å². The third-order valence-electron chi connectivity index (χ3n) is 3.40. The molecular formula is C18H22N2O2. The van der Waals surface area contributed by atoms with Crippen LogP contribution in [0.15, 0.2) is 54.6 Å². The number of hydrogen-bond donors (Lipinski definition) is 1. The molecule has 0 atom stereocenters. The van der Waals surface area contributed by atoms with Crippen molar-refractivity contribution in [2.75, 3.05) is 29.9 Å². The number of benzene rings is 2. The summed E-state index contributed by atoms with van der Waals surface area (Å²) in [6.07, 6.45) is -0.423. The number of ether oxygens (including phenoxy) is 1. The number of likely N-dealkylation sites (N-methyl/N-ethyl adjacent to an activating group) is 1. The highest BCUT2D eigenvalue weighted by Gasteiger charge is 2.06. The van der Waals surface area contributed by atoms with Gasteiger partial charge in [0.05, 0.1) is 6.54 Å². The number of rotatable bonds is 6. The summed E-state index contributed by atoms with van der Waals surface area (Å²) in [4.78, 5) is 13.9. The Labute approximate surface area is 131 Å². The van der Waals surface area contributed by atoms with E-state index in [1.54, 1.807) is 0 Å². The van der Waals surface area contributed by atoms with Crippen LogP contribution in [0.25, 0.3) is 0 Å². The van der Waals surface area contributed by atoms with Crippen LogP contribution >= 0.6 is 0 Å². The monoisotopic (exact) mass is 298 g/mol. The fraction of sp³-hybridized carbons (Fsp3) is 0.278. The van der Waals surface area contributed by atoms with Gasteiger partial charge in [0.1, 0.15) is 6.61 Å². The highest BCUT2D eigenvalue weighted by Crippen LogP contribution is 2.12. The predicted molar refractivity (Wildman–Crippen MR) is 90.5 cm³/mol. The summed E-state index contributed by atoms with van der Waals surface area (Å²) in [6.45, 7) is 5.97. The average Bonchev–Trinajstić information content (AvgIpc) is 2.54. The van der Waals surface area contributed by atoms with Gasteiger partial charge in [-0.2, -0.15) is 0 Å². The van der Waals surface area contributed by atoms with Crippen LogP contribution in [0.4, 0.5) is 16.2 Å². The highest BCUT2D eigenvalue weighted by atomic mass is 16.5. The Morgan fingerprint density at radius 1 is 1.09 bits per heavy atom. The Morgan fingerprint density at radius 2 is 1.77 bits per heavy atom. The molecule has 0 heterocycles. The lowest BCUT2D eigenvalue weighted by Crippen LogP contribution is -2.28. The van der Waals surface area contributed by atoms with Crippen molar-refractivity contribution in [3.05, 3.63) is 60.2 Å². The number of anilines is 2. The van der Waals surface area contributed by atoms with E-state index in [-0.39, 0.29) is 0 Å². The van der Waals surface area contributed by atoms with Crippen molar-refractivity contribution in [2.45, 2.75) is 13.8 Å². The molecule has 2 aromatic carbocycles. The Hall–Kier alpha value is -2.49. The molecule has 0 aromatic heterocycles. The van der Waals surface area contributed by atoms with E-state index in [2.05, 4.69) is 29.3 Å². The molecule has 0 radical (unpaired) electrons. The molecule has 116 valence electrons. The van der Waals surface area contributed by atoms with Crippen molar-refractivity contribution in [1.82, 2.24) is 0 Å². The van der Waals surface area contributed by atoms with Crippen LogP contribution in [-0.4, -0.2) is 25.8 Å². The Bertz CT molecular complexity index is 582. The number of carbonyl (C=O) groups excluding carboxylic acids is 1. The fourth-order valence-electron chi connectivity index (χ4n) is 2.15. The molecule has 0 bridgehead atoms. The Kier molecular flexibility index (Phi) is 5.83. The van der Waals surface area contributed by atoms with Crippen LogP contribution in [-0.2, 0) is 4.74 Å². The third kappa shape index (κ3) is 4.81. The average molecular weight is 298 g/mol. The SMILES string of the molecule is CCN(CCOC(=O)Nc1ccc(C)cc1)c1ccccc1. The lowest BCUT2D eigenvalue weighted by molar-refractivity contribution is 0.164. The third-order valence-corrected chi connectivity index (χ3v) is 3.40. The van der Waals surface area contributed by atoms with Gasteiger partial charge in [-0.25, -0.2) is 4.79 Å². The maximum Gasteiger partial charge on any atom is 0.411 e. The molecule has 0 aliphatic carbocycles. The fourth-order valence-corrected chi connectivity index (χ4v) is 2.15. The van der Waals surface area contributed by atoms with Crippen molar-refractivity contribution in [1.29, 1.82) is 0 Å². The molecule has 1 N–H and O–H groups in total. The zero-order chi connectivity index (χ0) is 15.8. The molecule has 0 unspecified atom stereocenters. The number of nitrogens with one attached hydrogen (secondary N) is 1. The number of nitrogens with zero attached hydrogens (tertiary/aromatic N) is 1. The van der Waals surface area contributed by atoms with Gasteiger partial charge in [0.2, 0.25) is 0 Å². The first-order valence-corrected chi connectivity index (χ1v) is 7.49. The number of hydrogen-bond acceptors (Lipinski definition) is 3. The van der Waals surface area contributed by atoms with E-state index in [1.165, 1.54) is 0 Å². The van der Waals surface area contributed by atoms with E-state index in [1.807, 2.05) is 49.4 Å². The number of carbonyl (C=O) groups is 1. The van der Waals surface area contributed by atoms with E-state index < -0.39 is 6.09 Å². The molecule has 0 aliphatic heterocycles. The molecule has 4 heteroatoms. The van der Waals surface area contributed by atoms with Crippen LogP contribution in [0.5, 0.6) is 0 Å². The van der Waals surface area contributed by atoms with Crippen LogP contribution in [0.3, 0.4) is 0 Å². The normalized spacial score (nSPS) is 10.1. The first kappa shape index (κ1) is 15.9. The minimum absolute atomic E-state index is 0.348. The van der Waals surface area contributed by atoms with Gasteiger partial charge in [-0.15, -0.1) is 0 Å². The quantitative estimate of drug-likeness (QED) is 0.874. The standard InChI is InChI=1S/C18H22N2O2/c1-3-20(17-7-5-4-6-8-17)13-14-22-18(21)19-16-11-9-15(2)10-12-16/h4-12H,3,13-14H2,1-2H3,(H,19,21). The largest absolute Gasteiger partial charge is 0.447 e. The lowest BCUT2D eigenvalue weighted by atomic mass is 10.2. The second-order valence-corrected chi connectivity index (χ2v) is 5.04. The molecular weight excluding hydrogens is 276 g/mol. The molecule has 4 nitrogen and oxygen atoms in total. The zero-order valence-corrected chi connectivity index (χ0v) is 13.1. The van der Waals surface area contributed by atoms with Crippen molar-refractivity contribution in [2.24, 2.45) is 0 Å². The lowest BCUT2D eigenvalue weighted by Gasteiger charge is -2.22. The Balaban J connectivity index is 1.77. The predicted octanol–water partition coefficient (Wildman–Crippen LogP) is 4.07. The summed E-state index contributed by atoms with van der Waals surface area (Å²) in [6, 6.07) is 17.7. The van der Waals surface area contributed by atoms with E-state index >= 15 is 0 Å². The van der Waals surface area contributed by atoms with Gasteiger partial charge in [-0.1, -0.05) is 35.9 Å². The summed E-state index contributed by atoms with van der Waals surface area (Å²) in [5.41, 5.74) is 3.03. The van der Waals surface area contributed by atoms with E-state index in [0.717, 1.165) is 23.5 Å². The minimum atomic E-state index is -0.423. The molecule has 0 aliphatic rings. The van der Waals surface area contributed by atoms with Gasteiger partial charge >= 0.3 is 6.09 Å². The van der Waals surface area contributed by atoms with E-state index in [4.69, 9.17) is 4.74 Å². The summed E-state index contributed by atoms with van der Waals surface area (Å²) in [5.74, 6) is 0. The number of aryl methyl sites for hydroxylation is 1. The summed E-state index contributed by atoms with van der Waals surface area (Å²) in [7, 11) is 0. The van der Waals surface area contributed by atoms with Crippen molar-refractivity contribution in [3.8, 4) is 0 Å². The van der Waals surface area contributed by atoms with Gasteiger partial charge in [0, 0.05) is 17.9 Å². The summed E-state index contributed by atoms with van der Waals surface area (Å²) < 4.78 is 5.24. The van der Waals surface area contributed by atoms with E-state index in [0.29, 0.717) is 13.2 Å². The van der Waals surface area contributed by atoms with Gasteiger partial charge in [-0.05, 0) is 38.1 Å². The highest BCUT2D eigenvalue weighted by molar-refractivity contribution is 5.84. The van der Waals surface area contributed by atoms with Crippen LogP contribution < -0.4 is 10.2 Å². The maximum absolute atomic E-state index is 11.8. The molecule has 0 spiro atoms. The smallest absolute Gasteiger partial charge is 0.411 e. The second kappa shape index (κ2) is 8.08. The first-order chi connectivity index (χ1) is 10.7. The number of amides is 1. The molecule has 2 aromatic rings. The maximum atomic E-state index is 11.8. The summed E-state index contributed by atoms with van der Waals surface area (Å²) >= 11 is 0. The van der Waals surface area contributed by atoms with Gasteiger partial charge in [0.15, 0.2) is 0 Å². The van der Waals surface area contributed by atoms with Crippen LogP contribution in [0, 0.1) is 6.92 Å². The van der Waals surface area contributed by atoms with Crippen molar-refractivity contribution >= 4 is 17.5 Å². The van der Waals surface area contributed by atoms with Gasteiger partial charge < -0.3 is 9.64 Å². The van der Waals surface area contributed by atoms with Crippen LogP contribution in [0.2, 0.25) is 0 Å². The second-order valence-electron chi connectivity index (χ2n) is 5.04. The van der Waals surface area contributed by atoms with Crippen molar-refractivity contribution in [3.63, 3.8) is 0 Å². The van der Waals surface area contributed by atoms with Crippen molar-refractivity contribution < 1.29 is 9.53 Å². The number of para-hydroxylation sites is 1. The first-order valence-electron chi connectivity index (χ1n) is 7.49.